The molecular weight excluding hydrogens is 1700 g/mol. The number of rotatable bonds is 43. The Kier molecular flexibility index (Phi) is 35.5. The molecule has 12 rings (SSSR count). The molecule has 3 fully saturated rings. The minimum atomic E-state index is -3.88. The number of aliphatic hydroxyl groups excluding tert-OH is 1. The number of hydrogen-bond acceptors (Lipinski definition) is 26. The Labute approximate surface area is 738 Å². The normalized spacial score (nSPS) is 14.9. The van der Waals surface area contributed by atoms with Gasteiger partial charge < -0.3 is 62.9 Å². The Balaban J connectivity index is 0.000000199. The first kappa shape index (κ1) is 98.4. The Morgan fingerprint density at radius 1 is 0.449 bits per heavy atom. The van der Waals surface area contributed by atoms with E-state index in [1.165, 1.54) is 49.5 Å². The number of nitrogens with one attached hydrogen (secondary N) is 3. The maximum atomic E-state index is 13.8. The number of aryl methyl sites for hydroxylation is 6. The fourth-order valence-electron chi connectivity index (χ4n) is 17.1. The van der Waals surface area contributed by atoms with E-state index in [1.54, 1.807) is 38.0 Å². The van der Waals surface area contributed by atoms with Crippen molar-refractivity contribution in [2.75, 3.05) is 78.9 Å². The van der Waals surface area contributed by atoms with Crippen LogP contribution >= 0.6 is 0 Å². The third kappa shape index (κ3) is 22.9. The number of ether oxygens (including phenoxy) is 3. The number of benzene rings is 3. The lowest BCUT2D eigenvalue weighted by Gasteiger charge is -2.31. The highest BCUT2D eigenvalue weighted by atomic mass is 32.2. The molecule has 0 atom stereocenters. The van der Waals surface area contributed by atoms with Crippen molar-refractivity contribution in [2.45, 2.75) is 231 Å². The Morgan fingerprint density at radius 3 is 1.00 bits per heavy atom. The molecule has 0 aliphatic carbocycles. The highest BCUT2D eigenvalue weighted by Gasteiger charge is 2.36. The van der Waals surface area contributed by atoms with Crippen molar-refractivity contribution in [3.05, 3.63) is 140 Å². The van der Waals surface area contributed by atoms with E-state index in [2.05, 4.69) is 29.8 Å². The molecule has 0 unspecified atom stereocenters. The fourth-order valence-corrected chi connectivity index (χ4v) is 21.6. The van der Waals surface area contributed by atoms with Crippen molar-refractivity contribution >= 4 is 82.0 Å². The minimum absolute atomic E-state index is 0.0299. The van der Waals surface area contributed by atoms with E-state index in [0.29, 0.717) is 238 Å². The van der Waals surface area contributed by atoms with E-state index in [9.17, 15) is 74.7 Å². The van der Waals surface area contributed by atoms with Gasteiger partial charge in [0, 0.05) is 82.2 Å². The first-order chi connectivity index (χ1) is 61.1. The molecule has 40 heteroatoms. The third-order valence-corrected chi connectivity index (χ3v) is 29.0. The van der Waals surface area contributed by atoms with E-state index in [0.717, 1.165) is 95.2 Å². The summed E-state index contributed by atoms with van der Waals surface area (Å²) in [6.07, 6.45) is 17.2. The summed E-state index contributed by atoms with van der Waals surface area (Å²) in [7, 11) is -11.5. The van der Waals surface area contributed by atoms with Gasteiger partial charge in [0.15, 0.2) is 12.6 Å². The molecule has 9 heterocycles. The molecule has 37 nitrogen and oxygen atoms in total. The summed E-state index contributed by atoms with van der Waals surface area (Å²) in [5.41, 5.74) is 5.79. The molecule has 0 spiro atoms. The molecule has 3 saturated heterocycles. The molecule has 3 aliphatic heterocycles. The number of aliphatic hydroxyl groups is 1. The van der Waals surface area contributed by atoms with Crippen molar-refractivity contribution in [1.29, 1.82) is 0 Å². The van der Waals surface area contributed by atoms with E-state index < -0.39 is 56.9 Å². The number of carbonyl (C=O) groups excluding carboxylic acids is 2. The van der Waals surface area contributed by atoms with Crippen molar-refractivity contribution in [1.82, 2.24) is 56.5 Å². The molecule has 6 aromatic heterocycles. The van der Waals surface area contributed by atoms with Gasteiger partial charge in [-0.25, -0.2) is 40.2 Å². The molecule has 9 aromatic rings. The van der Waals surface area contributed by atoms with Crippen LogP contribution in [-0.2, 0) is 78.6 Å². The van der Waals surface area contributed by atoms with Gasteiger partial charge in [0.1, 0.15) is 67.8 Å². The molecule has 3 aromatic carbocycles. The molecule has 3 aliphatic rings. The van der Waals surface area contributed by atoms with Gasteiger partial charge in [-0.3, -0.25) is 24.0 Å². The van der Waals surface area contributed by atoms with Crippen molar-refractivity contribution in [3.63, 3.8) is 0 Å². The van der Waals surface area contributed by atoms with Crippen LogP contribution in [0.4, 0.5) is 0 Å². The number of nitrogens with zero attached hydrogens (tertiary/aromatic N) is 12. The SMILES string of the molecule is CCCOc1ccc(S(=O)(=O)N2CCC(CCCO)CC2)cc1-c1nc2c(CCC)c(C=O)n(CC)c2c(=O)[nH]1.CCCOc1ccc(S(=O)(=O)N2CCC(CCCO[N+](=O)[O-])CC2)cc1-c1nc2c(CCC)c(/C=N/O)n(CC)c2c(=O)[nH]1.CCCOc1ccc(S(=O)(=O)N2CCC(CCCO[N+](=O)[O-])CC2)cc1-c1nc2c(CCC)c(C=O)n(CC)c2c(=O)[nH]1. The largest absolute Gasteiger partial charge is 0.493 e. The van der Waals surface area contributed by atoms with E-state index in [1.807, 2.05) is 62.3 Å². The molecule has 127 heavy (non-hydrogen) atoms. The lowest BCUT2D eigenvalue weighted by molar-refractivity contribution is -0.757. The standard InChI is InChI=1S/C29H40N6O8S.C29H39N5O8S.C29H40N4O6S/c1-4-8-22-24(19-30-37)34(6-3)27-26(22)31-28(32-29(27)36)23-18-21(10-11-25(23)42-16-5-2)44(40,41)33-14-12-20(13-15-33)9-7-17-43-35(38)39;1-4-8-22-24(19-35)33(6-3)27-26(22)30-28(31-29(27)36)23-18-21(10-11-25(23)41-16-5-2)43(39,40)32-14-12-20(13-15-32)9-7-17-42-34(37)38;1-4-8-22-24(19-35)33(6-3)27-26(22)30-28(31-29(27)36)23-18-21(10-11-25(23)39-17-5-2)40(37,38)32-14-12-20(13-15-32)9-7-16-34/h10-11,18-20,37H,4-9,12-17H2,1-3H3,(H,31,32,36);10-11,18-20H,4-9,12-17H2,1-3H3,(H,30,31,36);10-11,18-20,34H,4-9,12-17H2,1-3H3,(H,30,31,36)/b30-19+;;. The fraction of sp³-hybridized carbons (Fsp3) is 0.552. The average Bonchev–Trinajstić information content (AvgIpc) is 1.63. The summed E-state index contributed by atoms with van der Waals surface area (Å²) in [4.78, 5) is 117. The number of oxime groups is 1. The predicted octanol–water partition coefficient (Wildman–Crippen LogP) is 12.8. The molecule has 5 N–H and O–H groups in total. The highest BCUT2D eigenvalue weighted by molar-refractivity contribution is 7.89. The monoisotopic (exact) mass is 1820 g/mol. The third-order valence-electron chi connectivity index (χ3n) is 23.3. The topological polar surface area (TPSA) is 484 Å². The quantitative estimate of drug-likeness (QED) is 0.00592. The summed E-state index contributed by atoms with van der Waals surface area (Å²) >= 11 is 0. The second-order valence-corrected chi connectivity index (χ2v) is 37.5. The summed E-state index contributed by atoms with van der Waals surface area (Å²) in [6, 6.07) is 13.9. The lowest BCUT2D eigenvalue weighted by Crippen LogP contribution is -2.38. The van der Waals surface area contributed by atoms with Gasteiger partial charge in [0.2, 0.25) is 30.1 Å². The molecule has 0 bridgehead atoms. The van der Waals surface area contributed by atoms with Gasteiger partial charge in [-0.15, -0.1) is 20.2 Å². The van der Waals surface area contributed by atoms with Gasteiger partial charge in [-0.05, 0) is 209 Å². The van der Waals surface area contributed by atoms with Gasteiger partial charge >= 0.3 is 0 Å². The molecular formula is C87H119N15O22S3. The summed E-state index contributed by atoms with van der Waals surface area (Å²) in [6.45, 7) is 22.3. The zero-order valence-corrected chi connectivity index (χ0v) is 76.2. The Bertz CT molecular complexity index is 5920. The van der Waals surface area contributed by atoms with Crippen LogP contribution in [0.25, 0.3) is 67.3 Å². The van der Waals surface area contributed by atoms with Crippen LogP contribution in [0.2, 0.25) is 0 Å². The van der Waals surface area contributed by atoms with Crippen LogP contribution < -0.4 is 30.9 Å². The Hall–Kier alpha value is -10.8. The highest BCUT2D eigenvalue weighted by Crippen LogP contribution is 2.40. The number of aromatic nitrogens is 9. The van der Waals surface area contributed by atoms with Crippen molar-refractivity contribution in [2.24, 2.45) is 22.9 Å². The molecule has 692 valence electrons. The van der Waals surface area contributed by atoms with Crippen LogP contribution in [-0.4, -0.2) is 200 Å². The number of fused-ring (bicyclic) bond motifs is 3. The van der Waals surface area contributed by atoms with Gasteiger partial charge in [0.25, 0.3) is 26.9 Å². The summed E-state index contributed by atoms with van der Waals surface area (Å²) < 4.78 is 110. The van der Waals surface area contributed by atoms with E-state index in [-0.39, 0.29) is 63.8 Å². The maximum absolute atomic E-state index is 13.8. The van der Waals surface area contributed by atoms with Gasteiger partial charge in [-0.2, -0.15) is 12.9 Å². The molecule has 0 amide bonds. The number of carbonyl (C=O) groups is 2. The first-order valence-corrected chi connectivity index (χ1v) is 48.4. The predicted molar refractivity (Wildman–Crippen MR) is 479 cm³/mol. The van der Waals surface area contributed by atoms with Crippen molar-refractivity contribution < 1.29 is 79.2 Å². The number of piperidine rings is 3. The van der Waals surface area contributed by atoms with Gasteiger partial charge in [-0.1, -0.05) is 66.0 Å². The van der Waals surface area contributed by atoms with Crippen LogP contribution in [0.15, 0.2) is 88.8 Å². The maximum Gasteiger partial charge on any atom is 0.294 e. The molecule has 0 saturated carbocycles. The van der Waals surface area contributed by atoms with Crippen LogP contribution in [0.3, 0.4) is 0 Å². The number of hydrogen-bond donors (Lipinski definition) is 5. The minimum Gasteiger partial charge on any atom is -0.493 e. The zero-order valence-electron chi connectivity index (χ0n) is 73.8. The van der Waals surface area contributed by atoms with Crippen molar-refractivity contribution in [3.8, 4) is 51.4 Å². The number of aromatic amines is 3. The average molecular weight is 1820 g/mol. The van der Waals surface area contributed by atoms with E-state index >= 15 is 0 Å². The smallest absolute Gasteiger partial charge is 0.294 e. The summed E-state index contributed by atoms with van der Waals surface area (Å²) in [5.74, 6) is 2.68. The second kappa shape index (κ2) is 45.8. The van der Waals surface area contributed by atoms with Crippen LogP contribution in [0.5, 0.6) is 17.2 Å². The summed E-state index contributed by atoms with van der Waals surface area (Å²) in [5, 5.41) is 40.8. The van der Waals surface area contributed by atoms with E-state index in [4.69, 9.17) is 34.3 Å². The Morgan fingerprint density at radius 2 is 0.740 bits per heavy atom. The zero-order chi connectivity index (χ0) is 91.9. The van der Waals surface area contributed by atoms with Crippen LogP contribution in [0, 0.1) is 38.0 Å². The second-order valence-electron chi connectivity index (χ2n) is 31.7. The lowest BCUT2D eigenvalue weighted by atomic mass is 9.93. The number of sulfonamides is 3. The van der Waals surface area contributed by atoms with Gasteiger partial charge in [0.05, 0.1) is 87.7 Å². The number of aldehydes is 2. The molecule has 0 radical (unpaired) electrons. The van der Waals surface area contributed by atoms with Crippen LogP contribution in [0.1, 0.15) is 221 Å². The first-order valence-electron chi connectivity index (χ1n) is 44.1. The number of H-pyrrole nitrogens is 3.